The largest absolute Gasteiger partial charge is 0.457 e. The number of hydrogen-bond acceptors (Lipinski definition) is 3. The molecule has 0 amide bonds. The van der Waals surface area contributed by atoms with Crippen LogP contribution in [0.15, 0.2) is 91.1 Å². The Morgan fingerprint density at radius 1 is 0.712 bits per heavy atom. The number of rotatable bonds is 8. The first-order chi connectivity index (χ1) is 24.7. The van der Waals surface area contributed by atoms with Gasteiger partial charge >= 0.3 is 0 Å². The number of aromatic nitrogens is 4. The third-order valence-electron chi connectivity index (χ3n) is 10.1. The lowest BCUT2D eigenvalue weighted by molar-refractivity contribution is 0.480. The van der Waals surface area contributed by atoms with Crippen LogP contribution in [0.5, 0.6) is 11.5 Å². The van der Waals surface area contributed by atoms with Gasteiger partial charge in [0, 0.05) is 40.1 Å². The van der Waals surface area contributed by atoms with Gasteiger partial charge in [-0.1, -0.05) is 84.4 Å². The molecule has 0 N–H and O–H groups in total. The molecule has 4 aromatic carbocycles. The second kappa shape index (κ2) is 13.4. The SMILES string of the molecule is Cc1cc(C)c(-c2c(C)nn(-c3cc(Oc4ccc5c6ccccc6n(-c6cc(CC(C)C)ccn6)c5c4)cc(C(C)C)c3)c2C(C)(C)C)c(C)c1. The summed E-state index contributed by atoms with van der Waals surface area (Å²) in [4.78, 5) is 4.87. The molecule has 5 heteroatoms. The second-order valence-corrected chi connectivity index (χ2v) is 16.4. The molecule has 266 valence electrons. The molecule has 3 heterocycles. The van der Waals surface area contributed by atoms with Crippen molar-refractivity contribution in [2.45, 2.75) is 93.9 Å². The zero-order chi connectivity index (χ0) is 37.1. The second-order valence-electron chi connectivity index (χ2n) is 16.4. The highest BCUT2D eigenvalue weighted by Crippen LogP contribution is 2.42. The number of pyridine rings is 1. The minimum atomic E-state index is -0.172. The number of hydrogen-bond donors (Lipinski definition) is 0. The van der Waals surface area contributed by atoms with Gasteiger partial charge in [-0.3, -0.25) is 4.57 Å². The Bertz CT molecular complexity index is 2430. The zero-order valence-electron chi connectivity index (χ0n) is 32.7. The minimum absolute atomic E-state index is 0.172. The van der Waals surface area contributed by atoms with E-state index in [-0.39, 0.29) is 5.41 Å². The van der Waals surface area contributed by atoms with Gasteiger partial charge in [0.1, 0.15) is 17.3 Å². The zero-order valence-corrected chi connectivity index (χ0v) is 32.7. The molecule has 0 saturated carbocycles. The van der Waals surface area contributed by atoms with Crippen LogP contribution >= 0.6 is 0 Å². The van der Waals surface area contributed by atoms with E-state index >= 15 is 0 Å². The molecule has 0 aliphatic heterocycles. The first-order valence-corrected chi connectivity index (χ1v) is 18.7. The fourth-order valence-electron chi connectivity index (χ4n) is 7.98. The van der Waals surface area contributed by atoms with Crippen molar-refractivity contribution in [2.24, 2.45) is 5.92 Å². The van der Waals surface area contributed by atoms with E-state index in [1.807, 2.05) is 6.20 Å². The quantitative estimate of drug-likeness (QED) is 0.160. The van der Waals surface area contributed by atoms with Crippen molar-refractivity contribution in [2.75, 3.05) is 0 Å². The smallest absolute Gasteiger partial charge is 0.137 e. The Hall–Kier alpha value is -5.16. The van der Waals surface area contributed by atoms with E-state index in [0.29, 0.717) is 11.8 Å². The molecule has 0 bridgehead atoms. The Morgan fingerprint density at radius 3 is 2.12 bits per heavy atom. The normalized spacial score (nSPS) is 12.2. The summed E-state index contributed by atoms with van der Waals surface area (Å²) in [6.45, 7) is 24.6. The van der Waals surface area contributed by atoms with E-state index in [1.54, 1.807) is 0 Å². The Labute approximate surface area is 309 Å². The van der Waals surface area contributed by atoms with Crippen LogP contribution in [0, 0.1) is 33.6 Å². The highest BCUT2D eigenvalue weighted by Gasteiger charge is 2.30. The van der Waals surface area contributed by atoms with Gasteiger partial charge in [-0.2, -0.15) is 5.10 Å². The van der Waals surface area contributed by atoms with Gasteiger partial charge in [-0.25, -0.2) is 9.67 Å². The third-order valence-corrected chi connectivity index (χ3v) is 10.1. The van der Waals surface area contributed by atoms with Crippen molar-refractivity contribution in [1.82, 2.24) is 19.3 Å². The fourth-order valence-corrected chi connectivity index (χ4v) is 7.98. The summed E-state index contributed by atoms with van der Waals surface area (Å²) >= 11 is 0. The van der Waals surface area contributed by atoms with Crippen LogP contribution in [0.1, 0.15) is 93.6 Å². The fraction of sp³-hybridized carbons (Fsp3) is 0.319. The highest BCUT2D eigenvalue weighted by atomic mass is 16.5. The molecule has 0 unspecified atom stereocenters. The number of benzene rings is 4. The average molecular weight is 689 g/mol. The van der Waals surface area contributed by atoms with Crippen molar-refractivity contribution in [3.63, 3.8) is 0 Å². The van der Waals surface area contributed by atoms with E-state index in [0.717, 1.165) is 46.2 Å². The van der Waals surface area contributed by atoms with Crippen molar-refractivity contribution in [3.05, 3.63) is 130 Å². The van der Waals surface area contributed by atoms with E-state index in [4.69, 9.17) is 14.8 Å². The Balaban J connectivity index is 1.37. The first kappa shape index (κ1) is 35.3. The molecule has 0 atom stereocenters. The standard InChI is InChI=1S/C47H52N4O/c1-28(2)20-34-18-19-48-43(23-34)50-41-15-13-12-14-39(41)40-17-16-37(27-42(40)50)52-38-25-35(29(3)4)24-36(26-38)51-46(47(9,10)11)45(33(8)49-51)44-31(6)21-30(5)22-32(44)7/h12-19,21-29H,20H2,1-11H3. The minimum Gasteiger partial charge on any atom is -0.457 e. The number of aryl methyl sites for hydroxylation is 4. The summed E-state index contributed by atoms with van der Waals surface area (Å²) in [6, 6.07) is 30.5. The molecule has 0 aliphatic rings. The third kappa shape index (κ3) is 6.53. The maximum atomic E-state index is 6.83. The molecule has 0 radical (unpaired) electrons. The van der Waals surface area contributed by atoms with Crippen molar-refractivity contribution >= 4 is 21.8 Å². The maximum absolute atomic E-state index is 6.83. The Kier molecular flexibility index (Phi) is 9.10. The van der Waals surface area contributed by atoms with E-state index in [1.165, 1.54) is 55.4 Å². The lowest BCUT2D eigenvalue weighted by Gasteiger charge is -2.25. The molecule has 5 nitrogen and oxygen atoms in total. The molecular weight excluding hydrogens is 637 g/mol. The van der Waals surface area contributed by atoms with Crippen molar-refractivity contribution in [3.8, 4) is 34.1 Å². The van der Waals surface area contributed by atoms with Gasteiger partial charge < -0.3 is 4.74 Å². The lowest BCUT2D eigenvalue weighted by Crippen LogP contribution is -2.19. The summed E-state index contributed by atoms with van der Waals surface area (Å²) < 4.78 is 11.3. The van der Waals surface area contributed by atoms with Crippen LogP contribution in [-0.2, 0) is 11.8 Å². The van der Waals surface area contributed by atoms with Crippen LogP contribution in [0.25, 0.3) is 44.4 Å². The predicted molar refractivity (Wildman–Crippen MR) is 218 cm³/mol. The van der Waals surface area contributed by atoms with Crippen LogP contribution in [0.4, 0.5) is 0 Å². The summed E-state index contributed by atoms with van der Waals surface area (Å²) in [5.74, 6) is 3.35. The van der Waals surface area contributed by atoms with E-state index in [2.05, 4.69) is 170 Å². The van der Waals surface area contributed by atoms with Crippen LogP contribution < -0.4 is 4.74 Å². The summed E-state index contributed by atoms with van der Waals surface area (Å²) in [5.41, 5.74) is 14.1. The average Bonchev–Trinajstić information content (AvgIpc) is 3.58. The summed E-state index contributed by atoms with van der Waals surface area (Å²) in [6.07, 6.45) is 2.94. The highest BCUT2D eigenvalue weighted by molar-refractivity contribution is 6.09. The van der Waals surface area contributed by atoms with Crippen molar-refractivity contribution in [1.29, 1.82) is 0 Å². The van der Waals surface area contributed by atoms with Gasteiger partial charge in [-0.15, -0.1) is 0 Å². The molecular formula is C47H52N4O. The monoisotopic (exact) mass is 688 g/mol. The van der Waals surface area contributed by atoms with Gasteiger partial charge in [0.2, 0.25) is 0 Å². The van der Waals surface area contributed by atoms with Crippen LogP contribution in [0.2, 0.25) is 0 Å². The maximum Gasteiger partial charge on any atom is 0.137 e. The van der Waals surface area contributed by atoms with Gasteiger partial charge in [0.15, 0.2) is 0 Å². The van der Waals surface area contributed by atoms with E-state index in [9.17, 15) is 0 Å². The summed E-state index contributed by atoms with van der Waals surface area (Å²) in [7, 11) is 0. The van der Waals surface area contributed by atoms with E-state index < -0.39 is 0 Å². The predicted octanol–water partition coefficient (Wildman–Crippen LogP) is 12.7. The number of fused-ring (bicyclic) bond motifs is 3. The van der Waals surface area contributed by atoms with Crippen LogP contribution in [-0.4, -0.2) is 19.3 Å². The van der Waals surface area contributed by atoms with Gasteiger partial charge in [0.05, 0.1) is 28.1 Å². The molecule has 0 aliphatic carbocycles. The number of nitrogens with zero attached hydrogens (tertiary/aromatic N) is 4. The topological polar surface area (TPSA) is 44.9 Å². The van der Waals surface area contributed by atoms with Gasteiger partial charge in [0.25, 0.3) is 0 Å². The lowest BCUT2D eigenvalue weighted by atomic mass is 9.83. The van der Waals surface area contributed by atoms with Crippen molar-refractivity contribution < 1.29 is 4.74 Å². The molecule has 0 saturated heterocycles. The molecule has 0 spiro atoms. The molecule has 0 fully saturated rings. The van der Waals surface area contributed by atoms with Gasteiger partial charge in [-0.05, 0) is 116 Å². The molecule has 7 aromatic rings. The van der Waals surface area contributed by atoms with Crippen LogP contribution in [0.3, 0.4) is 0 Å². The number of para-hydroxylation sites is 1. The summed E-state index contributed by atoms with van der Waals surface area (Å²) in [5, 5.41) is 7.63. The molecule has 7 rings (SSSR count). The first-order valence-electron chi connectivity index (χ1n) is 18.7. The number of ether oxygens (including phenoxy) is 1. The Morgan fingerprint density at radius 2 is 1.42 bits per heavy atom. The molecule has 3 aromatic heterocycles. The molecule has 52 heavy (non-hydrogen) atoms.